The molecule has 0 saturated carbocycles. The molecule has 116 valence electrons. The Balaban J connectivity index is 1.77. The average Bonchev–Trinajstić information content (AvgIpc) is 3.25. The van der Waals surface area contributed by atoms with Crippen LogP contribution in [0.1, 0.15) is 15.3 Å². The summed E-state index contributed by atoms with van der Waals surface area (Å²) in [6.07, 6.45) is 1.84. The molecule has 0 aliphatic rings. The lowest BCUT2D eigenvalue weighted by atomic mass is 10.2. The van der Waals surface area contributed by atoms with Crippen molar-refractivity contribution in [1.29, 1.82) is 0 Å². The Bertz CT molecular complexity index is 788. The van der Waals surface area contributed by atoms with E-state index in [0.29, 0.717) is 5.57 Å². The van der Waals surface area contributed by atoms with Crippen LogP contribution in [0.15, 0.2) is 59.3 Å². The van der Waals surface area contributed by atoms with Gasteiger partial charge in [-0.2, -0.15) is 0 Å². The maximum atomic E-state index is 12.9. The lowest BCUT2D eigenvalue weighted by molar-refractivity contribution is -0.137. The van der Waals surface area contributed by atoms with E-state index in [-0.39, 0.29) is 18.4 Å². The normalized spacial score (nSPS) is 11.4. The molecule has 0 atom stereocenters. The van der Waals surface area contributed by atoms with Gasteiger partial charge in [-0.25, -0.2) is 9.18 Å². The smallest absolute Gasteiger partial charge is 0.339 e. The number of benzene rings is 1. The van der Waals surface area contributed by atoms with E-state index in [0.717, 1.165) is 15.3 Å². The van der Waals surface area contributed by atoms with Crippen molar-refractivity contribution in [1.82, 2.24) is 0 Å². The summed E-state index contributed by atoms with van der Waals surface area (Å²) < 4.78 is 18.3. The number of hydrogen-bond donors (Lipinski definition) is 0. The molecule has 0 spiro atoms. The molecule has 0 fully saturated rings. The van der Waals surface area contributed by atoms with Crippen molar-refractivity contribution in [2.45, 2.75) is 6.61 Å². The zero-order chi connectivity index (χ0) is 16.1. The van der Waals surface area contributed by atoms with Crippen LogP contribution < -0.4 is 0 Å². The third-order valence-electron chi connectivity index (χ3n) is 3.12. The van der Waals surface area contributed by atoms with Crippen molar-refractivity contribution in [3.8, 4) is 0 Å². The first-order chi connectivity index (χ1) is 11.2. The summed E-state index contributed by atoms with van der Waals surface area (Å²) in [5.74, 6) is -0.692. The predicted molar refractivity (Wildman–Crippen MR) is 92.7 cm³/mol. The Morgan fingerprint density at radius 1 is 1.04 bits per heavy atom. The van der Waals surface area contributed by atoms with E-state index in [4.69, 9.17) is 4.74 Å². The minimum Gasteiger partial charge on any atom is -0.457 e. The monoisotopic (exact) mass is 344 g/mol. The van der Waals surface area contributed by atoms with Gasteiger partial charge in [0.15, 0.2) is 0 Å². The Morgan fingerprint density at radius 3 is 2.43 bits per heavy atom. The van der Waals surface area contributed by atoms with Crippen molar-refractivity contribution in [3.05, 3.63) is 80.4 Å². The molecule has 0 unspecified atom stereocenters. The Hall–Kier alpha value is -2.24. The molecule has 0 radical (unpaired) electrons. The second-order valence-corrected chi connectivity index (χ2v) is 6.68. The van der Waals surface area contributed by atoms with Gasteiger partial charge in [0, 0.05) is 9.75 Å². The lowest BCUT2D eigenvalue weighted by Gasteiger charge is -2.07. The van der Waals surface area contributed by atoms with Crippen LogP contribution in [-0.2, 0) is 16.1 Å². The third-order valence-corrected chi connectivity index (χ3v) is 4.84. The standard InChI is InChI=1S/C18H13FO2S2/c19-14-7-5-13(6-8-14)12-21-18(20)16(17-4-2-10-23-17)11-15-3-1-9-22-15/h1-11H,12H2. The molecule has 0 amide bonds. The maximum absolute atomic E-state index is 12.9. The number of ether oxygens (including phenoxy) is 1. The number of rotatable bonds is 5. The third kappa shape index (κ3) is 4.15. The highest BCUT2D eigenvalue weighted by Crippen LogP contribution is 2.26. The summed E-state index contributed by atoms with van der Waals surface area (Å²) in [7, 11) is 0. The summed E-state index contributed by atoms with van der Waals surface area (Å²) in [6.45, 7) is 0.117. The van der Waals surface area contributed by atoms with Gasteiger partial charge in [-0.05, 0) is 46.7 Å². The summed E-state index contributed by atoms with van der Waals surface area (Å²) in [5, 5.41) is 3.88. The zero-order valence-electron chi connectivity index (χ0n) is 12.1. The quantitative estimate of drug-likeness (QED) is 0.468. The highest BCUT2D eigenvalue weighted by atomic mass is 32.1. The van der Waals surface area contributed by atoms with Gasteiger partial charge in [0.2, 0.25) is 0 Å². The summed E-state index contributed by atoms with van der Waals surface area (Å²) in [6, 6.07) is 13.6. The van der Waals surface area contributed by atoms with Crippen molar-refractivity contribution >= 4 is 40.3 Å². The molecular formula is C18H13FO2S2. The molecule has 2 heterocycles. The molecule has 2 aromatic heterocycles. The highest BCUT2D eigenvalue weighted by Gasteiger charge is 2.15. The van der Waals surface area contributed by atoms with E-state index >= 15 is 0 Å². The largest absolute Gasteiger partial charge is 0.457 e. The van der Waals surface area contributed by atoms with Crippen LogP contribution >= 0.6 is 22.7 Å². The number of carbonyl (C=O) groups is 1. The minimum atomic E-state index is -0.384. The molecule has 0 aliphatic carbocycles. The first-order valence-electron chi connectivity index (χ1n) is 6.93. The molecule has 0 bridgehead atoms. The van der Waals surface area contributed by atoms with Crippen molar-refractivity contribution in [3.63, 3.8) is 0 Å². The summed E-state index contributed by atoms with van der Waals surface area (Å²) in [5.41, 5.74) is 1.28. The van der Waals surface area contributed by atoms with Gasteiger partial charge in [-0.15, -0.1) is 22.7 Å². The second-order valence-electron chi connectivity index (χ2n) is 4.75. The number of halogens is 1. The van der Waals surface area contributed by atoms with E-state index < -0.39 is 0 Å². The predicted octanol–water partition coefficient (Wildman–Crippen LogP) is 5.23. The van der Waals surface area contributed by atoms with Gasteiger partial charge >= 0.3 is 5.97 Å². The second kappa shape index (κ2) is 7.35. The highest BCUT2D eigenvalue weighted by molar-refractivity contribution is 7.12. The Kier molecular flexibility index (Phi) is 5.00. The molecule has 23 heavy (non-hydrogen) atoms. The summed E-state index contributed by atoms with van der Waals surface area (Å²) >= 11 is 3.05. The van der Waals surface area contributed by atoms with E-state index in [1.54, 1.807) is 23.5 Å². The van der Waals surface area contributed by atoms with Crippen LogP contribution in [0, 0.1) is 5.82 Å². The fourth-order valence-electron chi connectivity index (χ4n) is 1.99. The fraction of sp³-hybridized carbons (Fsp3) is 0.0556. The minimum absolute atomic E-state index is 0.117. The van der Waals surface area contributed by atoms with Crippen LogP contribution in [0.25, 0.3) is 11.6 Å². The molecular weight excluding hydrogens is 331 g/mol. The van der Waals surface area contributed by atoms with Crippen LogP contribution in [0.5, 0.6) is 0 Å². The number of esters is 1. The first-order valence-corrected chi connectivity index (χ1v) is 8.69. The van der Waals surface area contributed by atoms with Gasteiger partial charge < -0.3 is 4.74 Å². The van der Waals surface area contributed by atoms with Gasteiger partial charge in [-0.3, -0.25) is 0 Å². The van der Waals surface area contributed by atoms with Gasteiger partial charge in [0.25, 0.3) is 0 Å². The number of carbonyl (C=O) groups excluding carboxylic acids is 1. The van der Waals surface area contributed by atoms with Crippen molar-refractivity contribution < 1.29 is 13.9 Å². The zero-order valence-corrected chi connectivity index (χ0v) is 13.7. The lowest BCUT2D eigenvalue weighted by Crippen LogP contribution is -2.06. The topological polar surface area (TPSA) is 26.3 Å². The van der Waals surface area contributed by atoms with Crippen LogP contribution in [0.4, 0.5) is 4.39 Å². The molecule has 1 aromatic carbocycles. The fourth-order valence-corrected chi connectivity index (χ4v) is 3.37. The van der Waals surface area contributed by atoms with E-state index in [9.17, 15) is 9.18 Å². The van der Waals surface area contributed by atoms with Gasteiger partial charge in [0.05, 0.1) is 5.57 Å². The van der Waals surface area contributed by atoms with E-state index in [1.807, 2.05) is 41.1 Å². The number of hydrogen-bond acceptors (Lipinski definition) is 4. The average molecular weight is 344 g/mol. The first kappa shape index (κ1) is 15.6. The molecule has 5 heteroatoms. The summed E-state index contributed by atoms with van der Waals surface area (Å²) in [4.78, 5) is 14.3. The van der Waals surface area contributed by atoms with Gasteiger partial charge in [-0.1, -0.05) is 24.3 Å². The van der Waals surface area contributed by atoms with E-state index in [2.05, 4.69) is 0 Å². The van der Waals surface area contributed by atoms with Crippen molar-refractivity contribution in [2.24, 2.45) is 0 Å². The molecule has 0 N–H and O–H groups in total. The SMILES string of the molecule is O=C(OCc1ccc(F)cc1)C(=Cc1cccs1)c1cccs1. The number of thiophene rings is 2. The molecule has 3 rings (SSSR count). The van der Waals surface area contributed by atoms with Crippen molar-refractivity contribution in [2.75, 3.05) is 0 Å². The van der Waals surface area contributed by atoms with Gasteiger partial charge in [0.1, 0.15) is 12.4 Å². The molecule has 3 aromatic rings. The van der Waals surface area contributed by atoms with E-state index in [1.165, 1.54) is 23.5 Å². The Labute approximate surface area is 141 Å². The van der Waals surface area contributed by atoms with Crippen LogP contribution in [-0.4, -0.2) is 5.97 Å². The molecule has 2 nitrogen and oxygen atoms in total. The van der Waals surface area contributed by atoms with Crippen LogP contribution in [0.2, 0.25) is 0 Å². The molecule has 0 saturated heterocycles. The Morgan fingerprint density at radius 2 is 1.78 bits per heavy atom. The van der Waals surface area contributed by atoms with Crippen LogP contribution in [0.3, 0.4) is 0 Å². The molecule has 0 aliphatic heterocycles. The maximum Gasteiger partial charge on any atom is 0.339 e.